The van der Waals surface area contributed by atoms with E-state index in [9.17, 15) is 0 Å². The van der Waals surface area contributed by atoms with Gasteiger partial charge in [0.2, 0.25) is 5.89 Å². The molecule has 1 rings (SSSR count). The molecular formula is C10H20N4O. The second kappa shape index (κ2) is 5.23. The van der Waals surface area contributed by atoms with Crippen LogP contribution in [0.1, 0.15) is 43.9 Å². The Labute approximate surface area is 90.6 Å². The predicted octanol–water partition coefficient (Wildman–Crippen LogP) is 1.14. The first-order chi connectivity index (χ1) is 7.04. The Kier molecular flexibility index (Phi) is 4.23. The van der Waals surface area contributed by atoms with Crippen molar-refractivity contribution in [1.82, 2.24) is 15.0 Å². The number of hydrogen-bond acceptors (Lipinski definition) is 5. The molecule has 0 aromatic carbocycles. The lowest BCUT2D eigenvalue weighted by Crippen LogP contribution is -2.26. The molecule has 1 aromatic heterocycles. The van der Waals surface area contributed by atoms with Crippen molar-refractivity contribution in [3.63, 3.8) is 0 Å². The number of rotatable bonds is 5. The molecule has 0 radical (unpaired) electrons. The van der Waals surface area contributed by atoms with Gasteiger partial charge in [-0.25, -0.2) is 0 Å². The SMILES string of the molecule is CCC(C)c1nc(C(N)CN(C)C)no1. The Morgan fingerprint density at radius 3 is 2.67 bits per heavy atom. The molecule has 0 amide bonds. The fraction of sp³-hybridized carbons (Fsp3) is 0.800. The highest BCUT2D eigenvalue weighted by atomic mass is 16.5. The summed E-state index contributed by atoms with van der Waals surface area (Å²) in [6.45, 7) is 4.88. The summed E-state index contributed by atoms with van der Waals surface area (Å²) in [5.74, 6) is 1.58. The predicted molar refractivity (Wildman–Crippen MR) is 58.5 cm³/mol. The van der Waals surface area contributed by atoms with Crippen LogP contribution in [0.5, 0.6) is 0 Å². The summed E-state index contributed by atoms with van der Waals surface area (Å²) in [5, 5.41) is 3.90. The molecule has 0 bridgehead atoms. The van der Waals surface area contributed by atoms with E-state index in [1.165, 1.54) is 0 Å². The molecule has 5 heteroatoms. The van der Waals surface area contributed by atoms with Gasteiger partial charge in [-0.3, -0.25) is 0 Å². The average Bonchev–Trinajstić information content (AvgIpc) is 2.64. The van der Waals surface area contributed by atoms with Gasteiger partial charge in [0.25, 0.3) is 0 Å². The first kappa shape index (κ1) is 12.1. The average molecular weight is 212 g/mol. The zero-order valence-corrected chi connectivity index (χ0v) is 9.90. The fourth-order valence-electron chi connectivity index (χ4n) is 1.25. The number of likely N-dealkylation sites (N-methyl/N-ethyl adjacent to an activating group) is 1. The largest absolute Gasteiger partial charge is 0.339 e. The smallest absolute Gasteiger partial charge is 0.229 e. The third-order valence-electron chi connectivity index (χ3n) is 2.38. The van der Waals surface area contributed by atoms with Gasteiger partial charge in [0.1, 0.15) is 0 Å². The quantitative estimate of drug-likeness (QED) is 0.792. The van der Waals surface area contributed by atoms with Crippen molar-refractivity contribution < 1.29 is 4.52 Å². The maximum atomic E-state index is 5.92. The van der Waals surface area contributed by atoms with E-state index in [-0.39, 0.29) is 6.04 Å². The van der Waals surface area contributed by atoms with Gasteiger partial charge in [-0.1, -0.05) is 19.0 Å². The highest BCUT2D eigenvalue weighted by Crippen LogP contribution is 2.17. The van der Waals surface area contributed by atoms with Crippen molar-refractivity contribution in [3.8, 4) is 0 Å². The summed E-state index contributed by atoms with van der Waals surface area (Å²) in [7, 11) is 3.94. The van der Waals surface area contributed by atoms with E-state index in [0.29, 0.717) is 17.6 Å². The Morgan fingerprint density at radius 1 is 1.47 bits per heavy atom. The summed E-state index contributed by atoms with van der Waals surface area (Å²) in [5.41, 5.74) is 5.92. The van der Waals surface area contributed by atoms with E-state index in [0.717, 1.165) is 13.0 Å². The number of hydrogen-bond donors (Lipinski definition) is 1. The van der Waals surface area contributed by atoms with Crippen LogP contribution in [-0.4, -0.2) is 35.7 Å². The van der Waals surface area contributed by atoms with Crippen LogP contribution in [0.2, 0.25) is 0 Å². The van der Waals surface area contributed by atoms with Crippen LogP contribution < -0.4 is 5.73 Å². The Balaban J connectivity index is 2.66. The molecule has 5 nitrogen and oxygen atoms in total. The topological polar surface area (TPSA) is 68.2 Å². The molecular weight excluding hydrogens is 192 g/mol. The van der Waals surface area contributed by atoms with Crippen molar-refractivity contribution in [2.24, 2.45) is 5.73 Å². The highest BCUT2D eigenvalue weighted by molar-refractivity contribution is 4.96. The summed E-state index contributed by atoms with van der Waals surface area (Å²) in [6, 6.07) is -0.179. The van der Waals surface area contributed by atoms with Crippen molar-refractivity contribution >= 4 is 0 Å². The molecule has 2 N–H and O–H groups in total. The molecule has 1 heterocycles. The first-order valence-electron chi connectivity index (χ1n) is 5.28. The molecule has 15 heavy (non-hydrogen) atoms. The maximum Gasteiger partial charge on any atom is 0.229 e. The number of aromatic nitrogens is 2. The van der Waals surface area contributed by atoms with Crippen LogP contribution in [0.25, 0.3) is 0 Å². The molecule has 0 aliphatic heterocycles. The van der Waals surface area contributed by atoms with Gasteiger partial charge in [-0.05, 0) is 20.5 Å². The Morgan fingerprint density at radius 2 is 2.13 bits per heavy atom. The molecule has 0 saturated carbocycles. The minimum Gasteiger partial charge on any atom is -0.339 e. The van der Waals surface area contributed by atoms with Crippen LogP contribution in [0.4, 0.5) is 0 Å². The molecule has 0 fully saturated rings. The highest BCUT2D eigenvalue weighted by Gasteiger charge is 2.17. The standard InChI is InChI=1S/C10H20N4O/c1-5-7(2)10-12-9(13-15-10)8(11)6-14(3)4/h7-8H,5-6,11H2,1-4H3. The van der Waals surface area contributed by atoms with Crippen LogP contribution in [0.15, 0.2) is 4.52 Å². The van der Waals surface area contributed by atoms with Crippen LogP contribution >= 0.6 is 0 Å². The fourth-order valence-corrected chi connectivity index (χ4v) is 1.25. The lowest BCUT2D eigenvalue weighted by atomic mass is 10.1. The summed E-state index contributed by atoms with van der Waals surface area (Å²) in [6.07, 6.45) is 0.991. The van der Waals surface area contributed by atoms with Crippen molar-refractivity contribution in [3.05, 3.63) is 11.7 Å². The molecule has 0 aliphatic rings. The molecule has 0 saturated heterocycles. The van der Waals surface area contributed by atoms with Crippen molar-refractivity contribution in [2.75, 3.05) is 20.6 Å². The third kappa shape index (κ3) is 3.28. The monoisotopic (exact) mass is 212 g/mol. The zero-order valence-electron chi connectivity index (χ0n) is 9.90. The Hall–Kier alpha value is -0.940. The summed E-state index contributed by atoms with van der Waals surface area (Å²) < 4.78 is 5.16. The van der Waals surface area contributed by atoms with Gasteiger partial charge in [0.15, 0.2) is 5.82 Å². The molecule has 0 spiro atoms. The van der Waals surface area contributed by atoms with Gasteiger partial charge >= 0.3 is 0 Å². The first-order valence-corrected chi connectivity index (χ1v) is 5.28. The van der Waals surface area contributed by atoms with Gasteiger partial charge in [-0.2, -0.15) is 4.98 Å². The van der Waals surface area contributed by atoms with Gasteiger partial charge in [-0.15, -0.1) is 0 Å². The second-order valence-electron chi connectivity index (χ2n) is 4.17. The van der Waals surface area contributed by atoms with E-state index < -0.39 is 0 Å². The van der Waals surface area contributed by atoms with Gasteiger partial charge in [0, 0.05) is 12.5 Å². The molecule has 2 unspecified atom stereocenters. The third-order valence-corrected chi connectivity index (χ3v) is 2.38. The normalized spacial score (nSPS) is 15.6. The van der Waals surface area contributed by atoms with E-state index in [1.807, 2.05) is 19.0 Å². The summed E-state index contributed by atoms with van der Waals surface area (Å²) in [4.78, 5) is 6.31. The van der Waals surface area contributed by atoms with Crippen LogP contribution in [0, 0.1) is 0 Å². The van der Waals surface area contributed by atoms with Gasteiger partial charge < -0.3 is 15.2 Å². The van der Waals surface area contributed by atoms with Crippen LogP contribution in [0.3, 0.4) is 0 Å². The molecule has 0 aliphatic carbocycles. The second-order valence-corrected chi connectivity index (χ2v) is 4.17. The lowest BCUT2D eigenvalue weighted by Gasteiger charge is -2.12. The van der Waals surface area contributed by atoms with Crippen molar-refractivity contribution in [1.29, 1.82) is 0 Å². The molecule has 2 atom stereocenters. The maximum absolute atomic E-state index is 5.92. The van der Waals surface area contributed by atoms with E-state index in [1.54, 1.807) is 0 Å². The minimum absolute atomic E-state index is 0.179. The molecule has 86 valence electrons. The van der Waals surface area contributed by atoms with Gasteiger partial charge in [0.05, 0.1) is 6.04 Å². The van der Waals surface area contributed by atoms with Crippen molar-refractivity contribution in [2.45, 2.75) is 32.2 Å². The number of nitrogens with two attached hydrogens (primary N) is 1. The molecule has 1 aromatic rings. The van der Waals surface area contributed by atoms with E-state index in [4.69, 9.17) is 10.3 Å². The van der Waals surface area contributed by atoms with Crippen LogP contribution in [-0.2, 0) is 0 Å². The summed E-state index contributed by atoms with van der Waals surface area (Å²) >= 11 is 0. The minimum atomic E-state index is -0.179. The van der Waals surface area contributed by atoms with E-state index in [2.05, 4.69) is 24.0 Å². The number of nitrogens with zero attached hydrogens (tertiary/aromatic N) is 3. The lowest BCUT2D eigenvalue weighted by molar-refractivity contribution is 0.337. The Bertz CT molecular complexity index is 297. The zero-order chi connectivity index (χ0) is 11.4. The van der Waals surface area contributed by atoms with E-state index >= 15 is 0 Å².